The lowest BCUT2D eigenvalue weighted by Crippen LogP contribution is -2.15. The Labute approximate surface area is 223 Å². The van der Waals surface area contributed by atoms with Crippen molar-refractivity contribution in [3.8, 4) is 17.2 Å². The van der Waals surface area contributed by atoms with E-state index in [1.165, 1.54) is 49.7 Å². The number of benzene rings is 1. The van der Waals surface area contributed by atoms with E-state index in [2.05, 4.69) is 39.8 Å². The quantitative estimate of drug-likeness (QED) is 0.113. The van der Waals surface area contributed by atoms with Gasteiger partial charge in [-0.25, -0.2) is 4.79 Å². The third kappa shape index (κ3) is 11.1. The zero-order chi connectivity index (χ0) is 27.0. The fourth-order valence-corrected chi connectivity index (χ4v) is 4.12. The molecule has 2 rings (SSSR count). The lowest BCUT2D eigenvalue weighted by molar-refractivity contribution is 0.216. The van der Waals surface area contributed by atoms with Gasteiger partial charge in [0.2, 0.25) is 5.75 Å². The number of rotatable bonds is 18. The van der Waals surface area contributed by atoms with Crippen molar-refractivity contribution in [3.05, 3.63) is 51.9 Å². The van der Waals surface area contributed by atoms with E-state index in [0.29, 0.717) is 35.7 Å². The Balaban J connectivity index is 2.12. The second-order valence-electron chi connectivity index (χ2n) is 10.4. The summed E-state index contributed by atoms with van der Waals surface area (Å²) in [7, 11) is 0. The molecular weight excluding hydrogens is 464 g/mol. The molecule has 0 aliphatic heterocycles. The van der Waals surface area contributed by atoms with E-state index in [4.69, 9.17) is 18.6 Å². The fourth-order valence-electron chi connectivity index (χ4n) is 4.12. The van der Waals surface area contributed by atoms with Gasteiger partial charge in [-0.2, -0.15) is 0 Å². The highest BCUT2D eigenvalue weighted by atomic mass is 16.5. The van der Waals surface area contributed by atoms with Crippen LogP contribution in [0.1, 0.15) is 106 Å². The minimum atomic E-state index is -0.552. The molecule has 0 radical (unpaired) electrons. The highest BCUT2D eigenvalue weighted by molar-refractivity contribution is 5.89. The second-order valence-corrected chi connectivity index (χ2v) is 10.4. The molecule has 5 heteroatoms. The summed E-state index contributed by atoms with van der Waals surface area (Å²) < 4.78 is 23.7. The van der Waals surface area contributed by atoms with E-state index < -0.39 is 5.63 Å². The normalized spacial score (nSPS) is 11.7. The van der Waals surface area contributed by atoms with Crippen LogP contribution in [0.15, 0.2) is 50.7 Å². The zero-order valence-corrected chi connectivity index (χ0v) is 24.0. The fraction of sp³-hybridized carbons (Fsp3) is 0.594. The Morgan fingerprint density at radius 2 is 1.62 bits per heavy atom. The molecule has 0 saturated heterocycles. The minimum absolute atomic E-state index is 0.110. The minimum Gasteiger partial charge on any atom is -0.490 e. The van der Waals surface area contributed by atoms with E-state index in [1.807, 2.05) is 32.0 Å². The standard InChI is InChI=1S/C32H48O5/c1-7-8-9-10-11-12-13-14-22-34-28-20-16-19-27-29(28)37-32(33)31(36-25(4)5)30(27)35-23-21-26(6)18-15-17-24(2)3/h16-17,19-21,25H,7-15,18,22-23H2,1-6H3/b26-21+. The van der Waals surface area contributed by atoms with Gasteiger partial charge in [0.15, 0.2) is 17.1 Å². The van der Waals surface area contributed by atoms with Crippen LogP contribution < -0.4 is 19.8 Å². The van der Waals surface area contributed by atoms with Gasteiger partial charge in [0.1, 0.15) is 6.61 Å². The lowest BCUT2D eigenvalue weighted by Gasteiger charge is -2.16. The summed E-state index contributed by atoms with van der Waals surface area (Å²) in [6.45, 7) is 13.3. The molecule has 1 aromatic heterocycles. The van der Waals surface area contributed by atoms with Crippen molar-refractivity contribution in [2.24, 2.45) is 0 Å². The highest BCUT2D eigenvalue weighted by Gasteiger charge is 2.21. The van der Waals surface area contributed by atoms with Crippen LogP contribution in [0.25, 0.3) is 11.0 Å². The van der Waals surface area contributed by atoms with Crippen LogP contribution in [-0.2, 0) is 0 Å². The maximum absolute atomic E-state index is 12.9. The number of ether oxygens (including phenoxy) is 3. The Hall–Kier alpha value is -2.69. The van der Waals surface area contributed by atoms with Gasteiger partial charge in [-0.3, -0.25) is 0 Å². The Morgan fingerprint density at radius 1 is 0.919 bits per heavy atom. The smallest absolute Gasteiger partial charge is 0.383 e. The Bertz CT molecular complexity index is 1060. The van der Waals surface area contributed by atoms with Gasteiger partial charge in [-0.15, -0.1) is 0 Å². The molecule has 0 aliphatic carbocycles. The van der Waals surface area contributed by atoms with Crippen molar-refractivity contribution in [1.82, 2.24) is 0 Å². The van der Waals surface area contributed by atoms with Crippen molar-refractivity contribution in [2.75, 3.05) is 13.2 Å². The topological polar surface area (TPSA) is 57.9 Å². The van der Waals surface area contributed by atoms with Crippen LogP contribution in [0.2, 0.25) is 0 Å². The van der Waals surface area contributed by atoms with Gasteiger partial charge in [-0.1, -0.05) is 75.2 Å². The molecule has 0 unspecified atom stereocenters. The van der Waals surface area contributed by atoms with Crippen molar-refractivity contribution < 1.29 is 18.6 Å². The van der Waals surface area contributed by atoms with Gasteiger partial charge in [-0.05, 0) is 72.1 Å². The average Bonchev–Trinajstić information content (AvgIpc) is 2.84. The number of fused-ring (bicyclic) bond motifs is 1. The van der Waals surface area contributed by atoms with Crippen LogP contribution in [0.4, 0.5) is 0 Å². The monoisotopic (exact) mass is 512 g/mol. The summed E-state index contributed by atoms with van der Waals surface area (Å²) in [6, 6.07) is 5.63. The van der Waals surface area contributed by atoms with Crippen LogP contribution in [-0.4, -0.2) is 19.3 Å². The number of allylic oxidation sites excluding steroid dienone is 3. The van der Waals surface area contributed by atoms with Crippen molar-refractivity contribution in [2.45, 2.75) is 112 Å². The summed E-state index contributed by atoms with van der Waals surface area (Å²) in [5, 5.41) is 0.680. The summed E-state index contributed by atoms with van der Waals surface area (Å²) in [5.41, 5.74) is 2.42. The lowest BCUT2D eigenvalue weighted by atomic mass is 10.1. The Morgan fingerprint density at radius 3 is 2.30 bits per heavy atom. The summed E-state index contributed by atoms with van der Waals surface area (Å²) >= 11 is 0. The number of hydrogen-bond donors (Lipinski definition) is 0. The van der Waals surface area contributed by atoms with E-state index in [1.54, 1.807) is 0 Å². The zero-order valence-electron chi connectivity index (χ0n) is 24.0. The van der Waals surface area contributed by atoms with Gasteiger partial charge in [0.25, 0.3) is 0 Å². The molecule has 1 aromatic carbocycles. The molecule has 0 atom stereocenters. The van der Waals surface area contributed by atoms with Crippen LogP contribution in [0, 0.1) is 0 Å². The molecule has 2 aromatic rings. The molecule has 5 nitrogen and oxygen atoms in total. The van der Waals surface area contributed by atoms with E-state index in [9.17, 15) is 4.79 Å². The molecule has 0 aliphatic rings. The van der Waals surface area contributed by atoms with Gasteiger partial charge < -0.3 is 18.6 Å². The molecule has 0 N–H and O–H groups in total. The molecule has 206 valence electrons. The third-order valence-corrected chi connectivity index (χ3v) is 6.17. The first-order valence-electron chi connectivity index (χ1n) is 14.1. The average molecular weight is 513 g/mol. The van der Waals surface area contributed by atoms with Gasteiger partial charge in [0, 0.05) is 0 Å². The molecule has 0 amide bonds. The number of para-hydroxylation sites is 1. The first kappa shape index (κ1) is 30.5. The molecule has 0 spiro atoms. The molecule has 1 heterocycles. The predicted molar refractivity (Wildman–Crippen MR) is 154 cm³/mol. The molecule has 0 fully saturated rings. The van der Waals surface area contributed by atoms with Crippen LogP contribution in [0.5, 0.6) is 17.2 Å². The summed E-state index contributed by atoms with van der Waals surface area (Å²) in [4.78, 5) is 12.9. The van der Waals surface area contributed by atoms with E-state index in [0.717, 1.165) is 25.7 Å². The SMILES string of the molecule is CCCCCCCCCCOc1cccc2c(OC/C=C(\C)CCC=C(C)C)c(OC(C)C)c(=O)oc12. The van der Waals surface area contributed by atoms with Gasteiger partial charge in [0.05, 0.1) is 18.1 Å². The Kier molecular flexibility index (Phi) is 14.0. The maximum Gasteiger partial charge on any atom is 0.383 e. The summed E-state index contributed by atoms with van der Waals surface area (Å²) in [5.74, 6) is 1.08. The van der Waals surface area contributed by atoms with Crippen LogP contribution >= 0.6 is 0 Å². The van der Waals surface area contributed by atoms with Crippen molar-refractivity contribution >= 4 is 11.0 Å². The molecule has 0 bridgehead atoms. The van der Waals surface area contributed by atoms with Crippen LogP contribution in [0.3, 0.4) is 0 Å². The highest BCUT2D eigenvalue weighted by Crippen LogP contribution is 2.37. The maximum atomic E-state index is 12.9. The van der Waals surface area contributed by atoms with Crippen molar-refractivity contribution in [1.29, 1.82) is 0 Å². The molecular formula is C32H48O5. The summed E-state index contributed by atoms with van der Waals surface area (Å²) in [6.07, 6.45) is 16.0. The second kappa shape index (κ2) is 16.9. The number of hydrogen-bond acceptors (Lipinski definition) is 5. The molecule has 0 saturated carbocycles. The predicted octanol–water partition coefficient (Wildman–Crippen LogP) is 9.17. The first-order valence-corrected chi connectivity index (χ1v) is 14.1. The van der Waals surface area contributed by atoms with E-state index in [-0.39, 0.29) is 11.9 Å². The first-order chi connectivity index (χ1) is 17.8. The molecule has 37 heavy (non-hydrogen) atoms. The van der Waals surface area contributed by atoms with Gasteiger partial charge >= 0.3 is 5.63 Å². The number of unbranched alkanes of at least 4 members (excludes halogenated alkanes) is 7. The third-order valence-electron chi connectivity index (χ3n) is 6.17. The largest absolute Gasteiger partial charge is 0.490 e. The van der Waals surface area contributed by atoms with Crippen molar-refractivity contribution in [3.63, 3.8) is 0 Å². The van der Waals surface area contributed by atoms with E-state index >= 15 is 0 Å².